The molecule has 0 atom stereocenters. The Labute approximate surface area is 175 Å². The molecule has 0 radical (unpaired) electrons. The molecule has 0 unspecified atom stereocenters. The first-order valence-electron chi connectivity index (χ1n) is 9.50. The van der Waals surface area contributed by atoms with Crippen molar-refractivity contribution in [2.75, 3.05) is 6.61 Å². The highest BCUT2D eigenvalue weighted by molar-refractivity contribution is 5.95. The van der Waals surface area contributed by atoms with Crippen LogP contribution in [0.5, 0.6) is 11.5 Å². The fourth-order valence-corrected chi connectivity index (χ4v) is 2.58. The van der Waals surface area contributed by atoms with Gasteiger partial charge in [-0.2, -0.15) is 5.10 Å². The van der Waals surface area contributed by atoms with E-state index in [4.69, 9.17) is 9.47 Å². The number of hydrogen-bond acceptors (Lipinski definition) is 5. The van der Waals surface area contributed by atoms with E-state index in [0.29, 0.717) is 29.2 Å². The van der Waals surface area contributed by atoms with Crippen LogP contribution in [0.25, 0.3) is 0 Å². The zero-order valence-corrected chi connectivity index (χ0v) is 16.8. The van der Waals surface area contributed by atoms with Gasteiger partial charge in [-0.25, -0.2) is 10.2 Å². The molecule has 0 saturated carbocycles. The fourth-order valence-electron chi connectivity index (χ4n) is 2.58. The molecule has 6 heteroatoms. The van der Waals surface area contributed by atoms with Gasteiger partial charge in [-0.15, -0.1) is 0 Å². The van der Waals surface area contributed by atoms with Crippen molar-refractivity contribution in [3.05, 3.63) is 95.1 Å². The molecular weight excluding hydrogens is 380 g/mol. The van der Waals surface area contributed by atoms with E-state index in [2.05, 4.69) is 10.5 Å². The van der Waals surface area contributed by atoms with Crippen molar-refractivity contribution < 1.29 is 19.1 Å². The van der Waals surface area contributed by atoms with Crippen LogP contribution in [-0.2, 0) is 0 Å². The molecular formula is C24H22N2O4. The van der Waals surface area contributed by atoms with E-state index >= 15 is 0 Å². The van der Waals surface area contributed by atoms with Crippen LogP contribution in [0.2, 0.25) is 0 Å². The molecule has 3 aromatic carbocycles. The number of amides is 1. The van der Waals surface area contributed by atoms with Crippen molar-refractivity contribution in [3.63, 3.8) is 0 Å². The highest BCUT2D eigenvalue weighted by atomic mass is 16.5. The molecule has 0 fully saturated rings. The van der Waals surface area contributed by atoms with Crippen molar-refractivity contribution in [3.8, 4) is 11.5 Å². The summed E-state index contributed by atoms with van der Waals surface area (Å²) in [5.74, 6) is 0.374. The van der Waals surface area contributed by atoms with Gasteiger partial charge in [0.05, 0.1) is 18.4 Å². The number of esters is 1. The Hall–Kier alpha value is -3.93. The summed E-state index contributed by atoms with van der Waals surface area (Å²) in [6.45, 7) is 4.42. The number of carbonyl (C=O) groups is 2. The van der Waals surface area contributed by atoms with Gasteiger partial charge in [0.1, 0.15) is 11.5 Å². The van der Waals surface area contributed by atoms with E-state index in [-0.39, 0.29) is 5.91 Å². The lowest BCUT2D eigenvalue weighted by molar-refractivity contribution is 0.0734. The first-order valence-corrected chi connectivity index (χ1v) is 9.50. The summed E-state index contributed by atoms with van der Waals surface area (Å²) in [7, 11) is 0. The second-order valence-electron chi connectivity index (χ2n) is 6.48. The van der Waals surface area contributed by atoms with Crippen LogP contribution >= 0.6 is 0 Å². The van der Waals surface area contributed by atoms with Gasteiger partial charge in [0.15, 0.2) is 0 Å². The fraction of sp³-hybridized carbons (Fsp3) is 0.125. The van der Waals surface area contributed by atoms with Gasteiger partial charge in [0.25, 0.3) is 5.91 Å². The summed E-state index contributed by atoms with van der Waals surface area (Å²) in [5.41, 5.74) is 5.29. The van der Waals surface area contributed by atoms with E-state index in [9.17, 15) is 9.59 Å². The average molecular weight is 402 g/mol. The average Bonchev–Trinajstić information content (AvgIpc) is 2.76. The minimum Gasteiger partial charge on any atom is -0.494 e. The summed E-state index contributed by atoms with van der Waals surface area (Å²) < 4.78 is 10.7. The Morgan fingerprint density at radius 3 is 2.10 bits per heavy atom. The number of benzene rings is 3. The predicted octanol–water partition coefficient (Wildman–Crippen LogP) is 4.38. The van der Waals surface area contributed by atoms with E-state index in [0.717, 1.165) is 11.1 Å². The van der Waals surface area contributed by atoms with Crippen LogP contribution in [0, 0.1) is 6.92 Å². The van der Waals surface area contributed by atoms with E-state index < -0.39 is 5.97 Å². The Kier molecular flexibility index (Phi) is 6.95. The maximum absolute atomic E-state index is 12.2. The SMILES string of the molecule is CCOc1ccc(C(=O)Oc2ccc(/C=N\NC(=O)c3ccc(C)cc3)cc2)cc1. The van der Waals surface area contributed by atoms with E-state index in [1.165, 1.54) is 6.21 Å². The maximum atomic E-state index is 12.2. The Morgan fingerprint density at radius 2 is 1.47 bits per heavy atom. The van der Waals surface area contributed by atoms with Crippen molar-refractivity contribution in [1.29, 1.82) is 0 Å². The van der Waals surface area contributed by atoms with Crippen LogP contribution in [0.15, 0.2) is 77.9 Å². The smallest absolute Gasteiger partial charge is 0.343 e. The van der Waals surface area contributed by atoms with Gasteiger partial charge >= 0.3 is 5.97 Å². The normalized spacial score (nSPS) is 10.6. The van der Waals surface area contributed by atoms with Crippen LogP contribution in [-0.4, -0.2) is 24.7 Å². The molecule has 0 spiro atoms. The second kappa shape index (κ2) is 10.0. The van der Waals surface area contributed by atoms with Crippen molar-refractivity contribution in [2.45, 2.75) is 13.8 Å². The number of ether oxygens (including phenoxy) is 2. The highest BCUT2D eigenvalue weighted by Gasteiger charge is 2.09. The molecule has 0 bridgehead atoms. The lowest BCUT2D eigenvalue weighted by Gasteiger charge is -2.06. The number of carbonyl (C=O) groups excluding carboxylic acids is 2. The molecule has 3 aromatic rings. The first kappa shape index (κ1) is 20.8. The summed E-state index contributed by atoms with van der Waals surface area (Å²) in [5, 5.41) is 3.96. The molecule has 30 heavy (non-hydrogen) atoms. The molecule has 0 saturated heterocycles. The quantitative estimate of drug-likeness (QED) is 0.275. The molecule has 1 amide bonds. The molecule has 0 heterocycles. The van der Waals surface area contributed by atoms with Crippen LogP contribution in [0.3, 0.4) is 0 Å². The molecule has 0 aliphatic carbocycles. The van der Waals surface area contributed by atoms with Gasteiger partial charge < -0.3 is 9.47 Å². The van der Waals surface area contributed by atoms with Gasteiger partial charge in [-0.3, -0.25) is 4.79 Å². The number of hydrazone groups is 1. The van der Waals surface area contributed by atoms with Gasteiger partial charge in [-0.1, -0.05) is 17.7 Å². The maximum Gasteiger partial charge on any atom is 0.343 e. The molecule has 152 valence electrons. The van der Waals surface area contributed by atoms with E-state index in [1.54, 1.807) is 60.7 Å². The summed E-state index contributed by atoms with van der Waals surface area (Å²) in [6, 6.07) is 20.8. The molecule has 6 nitrogen and oxygen atoms in total. The number of aryl methyl sites for hydroxylation is 1. The minimum atomic E-state index is -0.454. The molecule has 3 rings (SSSR count). The van der Waals surface area contributed by atoms with Crippen molar-refractivity contribution >= 4 is 18.1 Å². The molecule has 0 aliphatic heterocycles. The zero-order chi connectivity index (χ0) is 21.3. The van der Waals surface area contributed by atoms with Crippen molar-refractivity contribution in [1.82, 2.24) is 5.43 Å². The summed E-state index contributed by atoms with van der Waals surface area (Å²) in [6.07, 6.45) is 1.52. The lowest BCUT2D eigenvalue weighted by atomic mass is 10.1. The monoisotopic (exact) mass is 402 g/mol. The Balaban J connectivity index is 1.54. The lowest BCUT2D eigenvalue weighted by Crippen LogP contribution is -2.17. The van der Waals surface area contributed by atoms with Gasteiger partial charge in [0.2, 0.25) is 0 Å². The molecule has 1 N–H and O–H groups in total. The minimum absolute atomic E-state index is 0.285. The third-order valence-electron chi connectivity index (χ3n) is 4.19. The third kappa shape index (κ3) is 5.78. The number of nitrogens with one attached hydrogen (secondary N) is 1. The summed E-state index contributed by atoms with van der Waals surface area (Å²) >= 11 is 0. The Morgan fingerprint density at radius 1 is 0.867 bits per heavy atom. The summed E-state index contributed by atoms with van der Waals surface area (Å²) in [4.78, 5) is 24.3. The zero-order valence-electron chi connectivity index (χ0n) is 16.8. The number of nitrogens with zero attached hydrogens (tertiary/aromatic N) is 1. The topological polar surface area (TPSA) is 77.0 Å². The van der Waals surface area contributed by atoms with Crippen molar-refractivity contribution in [2.24, 2.45) is 5.10 Å². The van der Waals surface area contributed by atoms with Crippen LogP contribution in [0.4, 0.5) is 0 Å². The first-order chi connectivity index (χ1) is 14.5. The highest BCUT2D eigenvalue weighted by Crippen LogP contribution is 2.16. The van der Waals surface area contributed by atoms with Gasteiger partial charge in [-0.05, 0) is 80.1 Å². The van der Waals surface area contributed by atoms with Gasteiger partial charge in [0, 0.05) is 5.56 Å². The second-order valence-corrected chi connectivity index (χ2v) is 6.48. The molecule has 0 aliphatic rings. The van der Waals surface area contributed by atoms with Crippen LogP contribution < -0.4 is 14.9 Å². The molecule has 0 aromatic heterocycles. The standard InChI is InChI=1S/C24H22N2O4/c1-3-29-21-14-10-20(11-15-21)24(28)30-22-12-6-18(7-13-22)16-25-26-23(27)19-8-4-17(2)5-9-19/h4-16H,3H2,1-2H3,(H,26,27)/b25-16-. The van der Waals surface area contributed by atoms with E-state index in [1.807, 2.05) is 26.0 Å². The largest absolute Gasteiger partial charge is 0.494 e. The Bertz CT molecular complexity index is 1020. The number of rotatable bonds is 7. The third-order valence-corrected chi connectivity index (χ3v) is 4.19. The predicted molar refractivity (Wildman–Crippen MR) is 115 cm³/mol. The number of hydrogen-bond donors (Lipinski definition) is 1. The van der Waals surface area contributed by atoms with Crippen LogP contribution in [0.1, 0.15) is 38.8 Å².